The lowest BCUT2D eigenvalue weighted by Gasteiger charge is -2.12. The lowest BCUT2D eigenvalue weighted by atomic mass is 10.0. The summed E-state index contributed by atoms with van der Waals surface area (Å²) in [5.41, 5.74) is 3.80. The van der Waals surface area contributed by atoms with E-state index in [2.05, 4.69) is 53.4 Å². The Hall–Kier alpha value is -2.53. The SMILES string of the molecule is CC(C)c1ccc(-c2nc(C(=O)N[C@H](C)c3ccncc3)cs2)cc1. The van der Waals surface area contributed by atoms with E-state index in [-0.39, 0.29) is 11.9 Å². The zero-order chi connectivity index (χ0) is 17.8. The van der Waals surface area contributed by atoms with Crippen LogP contribution in [0.5, 0.6) is 0 Å². The van der Waals surface area contributed by atoms with Crippen LogP contribution in [-0.2, 0) is 0 Å². The van der Waals surface area contributed by atoms with Gasteiger partial charge in [-0.2, -0.15) is 0 Å². The minimum absolute atomic E-state index is 0.0917. The number of thiazole rings is 1. The number of hydrogen-bond acceptors (Lipinski definition) is 4. The molecular weight excluding hydrogens is 330 g/mol. The highest BCUT2D eigenvalue weighted by Gasteiger charge is 2.15. The highest BCUT2D eigenvalue weighted by atomic mass is 32.1. The number of carbonyl (C=O) groups excluding carboxylic acids is 1. The zero-order valence-electron chi connectivity index (χ0n) is 14.6. The highest BCUT2D eigenvalue weighted by Crippen LogP contribution is 2.26. The topological polar surface area (TPSA) is 54.9 Å². The summed E-state index contributed by atoms with van der Waals surface area (Å²) in [5.74, 6) is 0.340. The van der Waals surface area contributed by atoms with Crippen LogP contribution >= 0.6 is 11.3 Å². The molecule has 4 nitrogen and oxygen atoms in total. The second kappa shape index (κ2) is 7.57. The number of aromatic nitrogens is 2. The van der Waals surface area contributed by atoms with Gasteiger partial charge in [0.1, 0.15) is 10.7 Å². The van der Waals surface area contributed by atoms with Crippen LogP contribution in [0.3, 0.4) is 0 Å². The number of rotatable bonds is 5. The van der Waals surface area contributed by atoms with E-state index in [1.165, 1.54) is 16.9 Å². The van der Waals surface area contributed by atoms with Gasteiger partial charge in [-0.25, -0.2) is 4.98 Å². The Morgan fingerprint density at radius 2 is 1.68 bits per heavy atom. The molecule has 0 fully saturated rings. The molecule has 3 rings (SSSR count). The Labute approximate surface area is 152 Å². The van der Waals surface area contributed by atoms with Crippen LogP contribution in [0.2, 0.25) is 0 Å². The van der Waals surface area contributed by atoms with Gasteiger partial charge in [-0.1, -0.05) is 38.1 Å². The summed E-state index contributed by atoms with van der Waals surface area (Å²) in [5, 5.41) is 5.64. The smallest absolute Gasteiger partial charge is 0.271 e. The molecule has 0 saturated carbocycles. The first-order chi connectivity index (χ1) is 12.0. The normalized spacial score (nSPS) is 12.2. The molecule has 0 aliphatic heterocycles. The van der Waals surface area contributed by atoms with Gasteiger partial charge in [-0.05, 0) is 36.1 Å². The minimum atomic E-state index is -0.161. The Morgan fingerprint density at radius 3 is 2.32 bits per heavy atom. The maximum Gasteiger partial charge on any atom is 0.271 e. The third kappa shape index (κ3) is 4.12. The van der Waals surface area contributed by atoms with Gasteiger partial charge in [0.05, 0.1) is 6.04 Å². The minimum Gasteiger partial charge on any atom is -0.344 e. The molecule has 0 saturated heterocycles. The molecule has 5 heteroatoms. The Kier molecular flexibility index (Phi) is 5.24. The van der Waals surface area contributed by atoms with Crippen molar-refractivity contribution in [2.75, 3.05) is 0 Å². The van der Waals surface area contributed by atoms with Crippen LogP contribution in [0.4, 0.5) is 0 Å². The van der Waals surface area contributed by atoms with Gasteiger partial charge in [-0.3, -0.25) is 9.78 Å². The van der Waals surface area contributed by atoms with E-state index in [1.54, 1.807) is 17.8 Å². The number of carbonyl (C=O) groups is 1. The van der Waals surface area contributed by atoms with Crippen LogP contribution in [0.1, 0.15) is 54.3 Å². The lowest BCUT2D eigenvalue weighted by molar-refractivity contribution is 0.0935. The number of nitrogens with zero attached hydrogens (tertiary/aromatic N) is 2. The maximum atomic E-state index is 12.4. The summed E-state index contributed by atoms with van der Waals surface area (Å²) in [6, 6.07) is 12.1. The summed E-state index contributed by atoms with van der Waals surface area (Å²) in [6.07, 6.45) is 3.44. The van der Waals surface area contributed by atoms with E-state index in [4.69, 9.17) is 0 Å². The molecule has 128 valence electrons. The van der Waals surface area contributed by atoms with Crippen molar-refractivity contribution in [1.82, 2.24) is 15.3 Å². The zero-order valence-corrected chi connectivity index (χ0v) is 15.4. The molecule has 2 heterocycles. The fourth-order valence-electron chi connectivity index (χ4n) is 2.53. The predicted molar refractivity (Wildman–Crippen MR) is 102 cm³/mol. The average Bonchev–Trinajstić information content (AvgIpc) is 3.13. The van der Waals surface area contributed by atoms with Gasteiger partial charge in [0.15, 0.2) is 0 Å². The van der Waals surface area contributed by atoms with Crippen molar-refractivity contribution < 1.29 is 4.79 Å². The number of pyridine rings is 1. The van der Waals surface area contributed by atoms with Crippen molar-refractivity contribution >= 4 is 17.2 Å². The maximum absolute atomic E-state index is 12.4. The van der Waals surface area contributed by atoms with Gasteiger partial charge in [0, 0.05) is 23.3 Å². The quantitative estimate of drug-likeness (QED) is 0.717. The molecule has 0 bridgehead atoms. The number of nitrogens with one attached hydrogen (secondary N) is 1. The molecule has 1 N–H and O–H groups in total. The molecule has 0 unspecified atom stereocenters. The molecule has 0 aliphatic carbocycles. The Morgan fingerprint density at radius 1 is 1.00 bits per heavy atom. The largest absolute Gasteiger partial charge is 0.344 e. The van der Waals surface area contributed by atoms with E-state index >= 15 is 0 Å². The number of benzene rings is 1. The van der Waals surface area contributed by atoms with E-state index in [0.717, 1.165) is 16.1 Å². The van der Waals surface area contributed by atoms with Crippen LogP contribution in [0, 0.1) is 0 Å². The predicted octanol–water partition coefficient (Wildman–Crippen LogP) is 4.82. The summed E-state index contributed by atoms with van der Waals surface area (Å²) >= 11 is 1.49. The van der Waals surface area contributed by atoms with Crippen LogP contribution < -0.4 is 5.32 Å². The summed E-state index contributed by atoms with van der Waals surface area (Å²) in [7, 11) is 0. The van der Waals surface area contributed by atoms with Crippen LogP contribution in [0.15, 0.2) is 54.2 Å². The van der Waals surface area contributed by atoms with E-state index < -0.39 is 0 Å². The van der Waals surface area contributed by atoms with Gasteiger partial charge in [0.25, 0.3) is 5.91 Å². The fraction of sp³-hybridized carbons (Fsp3) is 0.250. The molecular formula is C20H21N3OS. The number of amides is 1. The van der Waals surface area contributed by atoms with Gasteiger partial charge in [-0.15, -0.1) is 11.3 Å². The molecule has 2 aromatic heterocycles. The standard InChI is InChI=1S/C20H21N3OS/c1-13(2)15-4-6-17(7-5-15)20-23-18(12-25-20)19(24)22-14(3)16-8-10-21-11-9-16/h4-14H,1-3H3,(H,22,24)/t14-/m1/s1. The van der Waals surface area contributed by atoms with Gasteiger partial charge >= 0.3 is 0 Å². The summed E-state index contributed by atoms with van der Waals surface area (Å²) < 4.78 is 0. The van der Waals surface area contributed by atoms with Crippen molar-refractivity contribution in [2.45, 2.75) is 32.7 Å². The fourth-order valence-corrected chi connectivity index (χ4v) is 3.33. The van der Waals surface area contributed by atoms with Gasteiger partial charge in [0.2, 0.25) is 0 Å². The van der Waals surface area contributed by atoms with Crippen molar-refractivity contribution in [3.05, 3.63) is 71.0 Å². The first-order valence-corrected chi connectivity index (χ1v) is 9.19. The Bertz CT molecular complexity index is 841. The monoisotopic (exact) mass is 351 g/mol. The molecule has 0 radical (unpaired) electrons. The molecule has 1 atom stereocenters. The Balaban J connectivity index is 1.71. The van der Waals surface area contributed by atoms with Crippen molar-refractivity contribution in [3.63, 3.8) is 0 Å². The molecule has 0 aliphatic rings. The third-order valence-electron chi connectivity index (χ3n) is 4.11. The summed E-state index contributed by atoms with van der Waals surface area (Å²) in [4.78, 5) is 20.9. The van der Waals surface area contributed by atoms with E-state index in [1.807, 2.05) is 19.1 Å². The van der Waals surface area contributed by atoms with Gasteiger partial charge < -0.3 is 5.32 Å². The first-order valence-electron chi connectivity index (χ1n) is 8.31. The van der Waals surface area contributed by atoms with E-state index in [9.17, 15) is 4.79 Å². The number of hydrogen-bond donors (Lipinski definition) is 1. The average molecular weight is 351 g/mol. The van der Waals surface area contributed by atoms with Crippen LogP contribution in [-0.4, -0.2) is 15.9 Å². The molecule has 25 heavy (non-hydrogen) atoms. The van der Waals surface area contributed by atoms with Crippen molar-refractivity contribution in [2.24, 2.45) is 0 Å². The molecule has 0 spiro atoms. The lowest BCUT2D eigenvalue weighted by Crippen LogP contribution is -2.26. The van der Waals surface area contributed by atoms with E-state index in [0.29, 0.717) is 11.6 Å². The van der Waals surface area contributed by atoms with Crippen molar-refractivity contribution in [3.8, 4) is 10.6 Å². The molecule has 3 aromatic rings. The second-order valence-electron chi connectivity index (χ2n) is 6.29. The first kappa shape index (κ1) is 17.3. The molecule has 1 amide bonds. The summed E-state index contributed by atoms with van der Waals surface area (Å²) in [6.45, 7) is 6.29. The second-order valence-corrected chi connectivity index (χ2v) is 7.15. The highest BCUT2D eigenvalue weighted by molar-refractivity contribution is 7.13. The molecule has 1 aromatic carbocycles. The van der Waals surface area contributed by atoms with Crippen LogP contribution in [0.25, 0.3) is 10.6 Å². The third-order valence-corrected chi connectivity index (χ3v) is 5.01. The van der Waals surface area contributed by atoms with Crippen molar-refractivity contribution in [1.29, 1.82) is 0 Å².